The Hall–Kier alpha value is -1.62. The minimum atomic E-state index is -0.956. The Labute approximate surface area is 114 Å². The molecule has 19 heavy (non-hydrogen) atoms. The van der Waals surface area contributed by atoms with E-state index in [-0.39, 0.29) is 10.9 Å². The van der Waals surface area contributed by atoms with Crippen LogP contribution in [0.15, 0.2) is 18.2 Å². The normalized spacial score (nSPS) is 22.2. The lowest BCUT2D eigenvalue weighted by Crippen LogP contribution is -2.30. The van der Waals surface area contributed by atoms with Gasteiger partial charge in [-0.2, -0.15) is 0 Å². The molecule has 1 fully saturated rings. The molecule has 2 N–H and O–H groups in total. The number of amides is 1. The van der Waals surface area contributed by atoms with Crippen LogP contribution >= 0.6 is 11.6 Å². The molecule has 0 unspecified atom stereocenters. The largest absolute Gasteiger partial charge is 0.481 e. The summed E-state index contributed by atoms with van der Waals surface area (Å²) in [5.41, 5.74) is 0.295. The van der Waals surface area contributed by atoms with Crippen LogP contribution in [-0.4, -0.2) is 17.0 Å². The van der Waals surface area contributed by atoms with Crippen LogP contribution in [0.1, 0.15) is 19.3 Å². The van der Waals surface area contributed by atoms with Crippen LogP contribution in [0.3, 0.4) is 0 Å². The van der Waals surface area contributed by atoms with E-state index < -0.39 is 23.6 Å². The SMILES string of the molecule is O=C(O)[C@H]1CCC[C@H]1C(=O)Nc1ccc(F)cc1Cl. The lowest BCUT2D eigenvalue weighted by Gasteiger charge is -2.16. The monoisotopic (exact) mass is 285 g/mol. The quantitative estimate of drug-likeness (QED) is 0.897. The van der Waals surface area contributed by atoms with E-state index in [1.165, 1.54) is 12.1 Å². The average Bonchev–Trinajstić information content (AvgIpc) is 2.82. The molecule has 1 aliphatic carbocycles. The first-order valence-electron chi connectivity index (χ1n) is 5.98. The number of halogens is 2. The number of carbonyl (C=O) groups excluding carboxylic acids is 1. The van der Waals surface area contributed by atoms with Crippen molar-refractivity contribution >= 4 is 29.2 Å². The molecule has 1 aromatic rings. The van der Waals surface area contributed by atoms with Crippen molar-refractivity contribution in [1.29, 1.82) is 0 Å². The number of hydrogen-bond acceptors (Lipinski definition) is 2. The number of aliphatic carboxylic acids is 1. The fourth-order valence-electron chi connectivity index (χ4n) is 2.39. The van der Waals surface area contributed by atoms with Crippen LogP contribution in [-0.2, 0) is 9.59 Å². The Bertz CT molecular complexity index is 521. The Morgan fingerprint density at radius 2 is 2.00 bits per heavy atom. The molecule has 1 aromatic carbocycles. The van der Waals surface area contributed by atoms with Gasteiger partial charge in [0.2, 0.25) is 5.91 Å². The van der Waals surface area contributed by atoms with Gasteiger partial charge in [0.25, 0.3) is 0 Å². The highest BCUT2D eigenvalue weighted by Crippen LogP contribution is 2.33. The number of carboxylic acid groups (broad SMARTS) is 1. The van der Waals surface area contributed by atoms with Gasteiger partial charge in [-0.25, -0.2) is 4.39 Å². The van der Waals surface area contributed by atoms with Crippen molar-refractivity contribution in [1.82, 2.24) is 0 Å². The number of carbonyl (C=O) groups is 2. The molecule has 0 aliphatic heterocycles. The lowest BCUT2D eigenvalue weighted by molar-refractivity contribution is -0.145. The topological polar surface area (TPSA) is 66.4 Å². The van der Waals surface area contributed by atoms with Gasteiger partial charge in [0.15, 0.2) is 0 Å². The summed E-state index contributed by atoms with van der Waals surface area (Å²) in [6.07, 6.45) is 1.76. The molecule has 1 saturated carbocycles. The highest BCUT2D eigenvalue weighted by molar-refractivity contribution is 6.33. The van der Waals surface area contributed by atoms with Crippen LogP contribution in [0.2, 0.25) is 5.02 Å². The summed E-state index contributed by atoms with van der Waals surface area (Å²) in [5.74, 6) is -3.04. The molecular formula is C13H13ClFNO3. The summed E-state index contributed by atoms with van der Waals surface area (Å²) >= 11 is 5.81. The maximum absolute atomic E-state index is 12.9. The Kier molecular flexibility index (Phi) is 4.04. The minimum absolute atomic E-state index is 0.0956. The molecule has 1 aliphatic rings. The molecule has 2 atom stereocenters. The molecule has 1 amide bonds. The van der Waals surface area contributed by atoms with E-state index in [1.807, 2.05) is 0 Å². The highest BCUT2D eigenvalue weighted by atomic mass is 35.5. The average molecular weight is 286 g/mol. The number of rotatable bonds is 3. The van der Waals surface area contributed by atoms with E-state index in [0.29, 0.717) is 24.9 Å². The van der Waals surface area contributed by atoms with E-state index >= 15 is 0 Å². The predicted molar refractivity (Wildman–Crippen MR) is 68.5 cm³/mol. The minimum Gasteiger partial charge on any atom is -0.481 e. The fourth-order valence-corrected chi connectivity index (χ4v) is 2.60. The first kappa shape index (κ1) is 13.8. The van der Waals surface area contributed by atoms with Crippen molar-refractivity contribution in [2.45, 2.75) is 19.3 Å². The van der Waals surface area contributed by atoms with Crippen molar-refractivity contribution in [2.24, 2.45) is 11.8 Å². The van der Waals surface area contributed by atoms with Gasteiger partial charge in [-0.3, -0.25) is 9.59 Å². The van der Waals surface area contributed by atoms with Crippen molar-refractivity contribution in [3.63, 3.8) is 0 Å². The number of anilines is 1. The van der Waals surface area contributed by atoms with Gasteiger partial charge < -0.3 is 10.4 Å². The third-order valence-corrected chi connectivity index (χ3v) is 3.67. The Morgan fingerprint density at radius 1 is 1.32 bits per heavy atom. The molecule has 2 rings (SSSR count). The van der Waals surface area contributed by atoms with Crippen LogP contribution in [0.5, 0.6) is 0 Å². The smallest absolute Gasteiger partial charge is 0.307 e. The van der Waals surface area contributed by atoms with Gasteiger partial charge in [-0.15, -0.1) is 0 Å². The molecule has 0 aromatic heterocycles. The highest BCUT2D eigenvalue weighted by Gasteiger charge is 2.37. The summed E-state index contributed by atoms with van der Waals surface area (Å²) in [7, 11) is 0. The second-order valence-electron chi connectivity index (χ2n) is 4.60. The van der Waals surface area contributed by atoms with Gasteiger partial charge >= 0.3 is 5.97 Å². The molecule has 102 valence electrons. The predicted octanol–water partition coefficient (Wildman–Crippen LogP) is 2.92. The zero-order chi connectivity index (χ0) is 14.0. The van der Waals surface area contributed by atoms with Crippen LogP contribution < -0.4 is 5.32 Å². The summed E-state index contributed by atoms with van der Waals surface area (Å²) in [6, 6.07) is 3.64. The fraction of sp³-hybridized carbons (Fsp3) is 0.385. The third-order valence-electron chi connectivity index (χ3n) is 3.36. The van der Waals surface area contributed by atoms with Gasteiger partial charge in [0, 0.05) is 0 Å². The standard InChI is InChI=1S/C13H13ClFNO3/c14-10-6-7(15)4-5-11(10)16-12(17)8-2-1-3-9(8)13(18)19/h4-6,8-9H,1-3H2,(H,16,17)(H,18,19)/t8-,9+/m1/s1. The van der Waals surface area contributed by atoms with Crippen molar-refractivity contribution in [3.8, 4) is 0 Å². The summed E-state index contributed by atoms with van der Waals surface area (Å²) < 4.78 is 12.9. The van der Waals surface area contributed by atoms with Gasteiger partial charge in [-0.1, -0.05) is 18.0 Å². The van der Waals surface area contributed by atoms with Crippen LogP contribution in [0.4, 0.5) is 10.1 Å². The zero-order valence-corrected chi connectivity index (χ0v) is 10.8. The van der Waals surface area contributed by atoms with Crippen molar-refractivity contribution in [2.75, 3.05) is 5.32 Å². The first-order chi connectivity index (χ1) is 8.99. The third kappa shape index (κ3) is 3.04. The number of nitrogens with one attached hydrogen (secondary N) is 1. The summed E-state index contributed by atoms with van der Waals surface area (Å²) in [4.78, 5) is 23.1. The molecule has 0 radical (unpaired) electrons. The van der Waals surface area contributed by atoms with Crippen LogP contribution in [0.25, 0.3) is 0 Å². The van der Waals surface area contributed by atoms with Gasteiger partial charge in [0.1, 0.15) is 5.82 Å². The molecule has 6 heteroatoms. The van der Waals surface area contributed by atoms with E-state index in [9.17, 15) is 14.0 Å². The summed E-state index contributed by atoms with van der Waals surface area (Å²) in [5, 5.41) is 11.7. The van der Waals surface area contributed by atoms with E-state index in [2.05, 4.69) is 5.32 Å². The van der Waals surface area contributed by atoms with Crippen molar-refractivity contribution in [3.05, 3.63) is 29.0 Å². The van der Waals surface area contributed by atoms with Gasteiger partial charge in [0.05, 0.1) is 22.5 Å². The molecule has 0 spiro atoms. The Balaban J connectivity index is 2.10. The summed E-state index contributed by atoms with van der Waals surface area (Å²) in [6.45, 7) is 0. The van der Waals surface area contributed by atoms with Crippen LogP contribution in [0, 0.1) is 17.7 Å². The molecule has 0 heterocycles. The molecule has 4 nitrogen and oxygen atoms in total. The second kappa shape index (κ2) is 5.57. The number of benzene rings is 1. The van der Waals surface area contributed by atoms with Gasteiger partial charge in [-0.05, 0) is 31.0 Å². The maximum atomic E-state index is 12.9. The number of hydrogen-bond donors (Lipinski definition) is 2. The lowest BCUT2D eigenvalue weighted by atomic mass is 9.95. The van der Waals surface area contributed by atoms with Crippen molar-refractivity contribution < 1.29 is 19.1 Å². The molecule has 0 bridgehead atoms. The maximum Gasteiger partial charge on any atom is 0.307 e. The number of carboxylic acids is 1. The molecular weight excluding hydrogens is 273 g/mol. The zero-order valence-electron chi connectivity index (χ0n) is 10.0. The van der Waals surface area contributed by atoms with E-state index in [4.69, 9.17) is 16.7 Å². The second-order valence-corrected chi connectivity index (χ2v) is 5.00. The molecule has 0 saturated heterocycles. The van der Waals surface area contributed by atoms with E-state index in [0.717, 1.165) is 6.07 Å². The first-order valence-corrected chi connectivity index (χ1v) is 6.35. The van der Waals surface area contributed by atoms with E-state index in [1.54, 1.807) is 0 Å². The Morgan fingerprint density at radius 3 is 2.63 bits per heavy atom.